The lowest BCUT2D eigenvalue weighted by atomic mass is 10.2. The Hall–Kier alpha value is -2.65. The molecule has 0 N–H and O–H groups in total. The van der Waals surface area contributed by atoms with E-state index < -0.39 is 10.0 Å². The van der Waals surface area contributed by atoms with Gasteiger partial charge in [0, 0.05) is 19.3 Å². The molecule has 0 unspecified atom stereocenters. The summed E-state index contributed by atoms with van der Waals surface area (Å²) in [5.74, 6) is 0.683. The van der Waals surface area contributed by atoms with E-state index >= 15 is 0 Å². The van der Waals surface area contributed by atoms with E-state index in [1.165, 1.54) is 19.5 Å². The van der Waals surface area contributed by atoms with Gasteiger partial charge < -0.3 is 4.74 Å². The Morgan fingerprint density at radius 2 is 1.89 bits per heavy atom. The average molecular weight is 402 g/mol. The molecule has 1 aromatic carbocycles. The molecule has 2 aromatic heterocycles. The van der Waals surface area contributed by atoms with Crippen LogP contribution in [0.25, 0.3) is 5.65 Å². The number of benzene rings is 1. The highest BCUT2D eigenvalue weighted by Gasteiger charge is 2.29. The van der Waals surface area contributed by atoms with Crippen LogP contribution in [-0.4, -0.2) is 47.1 Å². The molecule has 0 aliphatic carbocycles. The average Bonchev–Trinajstić information content (AvgIpc) is 3.04. The van der Waals surface area contributed by atoms with Gasteiger partial charge in [-0.2, -0.15) is 4.31 Å². The molecule has 8 nitrogen and oxygen atoms in total. The first-order chi connectivity index (χ1) is 13.5. The lowest BCUT2D eigenvalue weighted by Crippen LogP contribution is -2.35. The molecule has 1 aliphatic heterocycles. The molecule has 9 heteroatoms. The van der Waals surface area contributed by atoms with E-state index in [2.05, 4.69) is 5.10 Å². The Morgan fingerprint density at radius 1 is 1.11 bits per heavy atom. The Morgan fingerprint density at radius 3 is 2.64 bits per heavy atom. The second-order valence-corrected chi connectivity index (χ2v) is 8.73. The smallest absolute Gasteiger partial charge is 0.350 e. The molecule has 0 atom stereocenters. The van der Waals surface area contributed by atoms with Crippen molar-refractivity contribution in [2.75, 3.05) is 20.2 Å². The van der Waals surface area contributed by atoms with E-state index in [4.69, 9.17) is 4.74 Å². The predicted octanol–water partition coefficient (Wildman–Crippen LogP) is 1.73. The van der Waals surface area contributed by atoms with Crippen LogP contribution in [0, 0.1) is 0 Å². The first kappa shape index (κ1) is 18.7. The third-order valence-corrected chi connectivity index (χ3v) is 6.89. The van der Waals surface area contributed by atoms with Crippen molar-refractivity contribution in [2.45, 2.75) is 30.7 Å². The lowest BCUT2D eigenvalue weighted by Gasteiger charge is -2.25. The molecule has 3 aromatic rings. The molecular weight excluding hydrogens is 380 g/mol. The highest BCUT2D eigenvalue weighted by Crippen LogP contribution is 2.23. The zero-order chi connectivity index (χ0) is 19.7. The highest BCUT2D eigenvalue weighted by atomic mass is 32.2. The minimum atomic E-state index is -3.70. The summed E-state index contributed by atoms with van der Waals surface area (Å²) in [4.78, 5) is 12.8. The fourth-order valence-electron chi connectivity index (χ4n) is 3.51. The molecular formula is C19H22N4O4S. The lowest BCUT2D eigenvalue weighted by molar-refractivity contribution is 0.347. The summed E-state index contributed by atoms with van der Waals surface area (Å²) in [6.45, 7) is 1.22. The van der Waals surface area contributed by atoms with Crippen molar-refractivity contribution in [3.05, 3.63) is 58.6 Å². The number of hydrogen-bond acceptors (Lipinski definition) is 5. The molecule has 1 aliphatic rings. The number of pyridine rings is 1. The van der Waals surface area contributed by atoms with Gasteiger partial charge in [-0.15, -0.1) is 5.10 Å². The summed E-state index contributed by atoms with van der Waals surface area (Å²) in [6.07, 6.45) is 4.27. The molecule has 0 amide bonds. The van der Waals surface area contributed by atoms with E-state index in [1.807, 2.05) is 24.3 Å². The van der Waals surface area contributed by atoms with Crippen molar-refractivity contribution in [3.8, 4) is 5.75 Å². The van der Waals surface area contributed by atoms with Crippen molar-refractivity contribution in [1.82, 2.24) is 18.5 Å². The molecule has 4 rings (SSSR count). The Kier molecular flexibility index (Phi) is 4.94. The van der Waals surface area contributed by atoms with E-state index in [0.717, 1.165) is 24.8 Å². The number of piperidine rings is 1. The number of aromatic nitrogens is 3. The van der Waals surface area contributed by atoms with E-state index in [1.54, 1.807) is 19.4 Å². The molecule has 0 radical (unpaired) electrons. The van der Waals surface area contributed by atoms with Crippen molar-refractivity contribution in [2.24, 2.45) is 0 Å². The van der Waals surface area contributed by atoms with Crippen LogP contribution in [0.3, 0.4) is 0 Å². The first-order valence-electron chi connectivity index (χ1n) is 9.22. The van der Waals surface area contributed by atoms with E-state index in [-0.39, 0.29) is 22.8 Å². The van der Waals surface area contributed by atoms with Crippen LogP contribution in [0.2, 0.25) is 0 Å². The number of hydrogen-bond donors (Lipinski definition) is 0. The first-order valence-corrected chi connectivity index (χ1v) is 10.7. The summed E-state index contributed by atoms with van der Waals surface area (Å²) in [5.41, 5.74) is 0.611. The number of nitrogens with zero attached hydrogens (tertiary/aromatic N) is 4. The maximum absolute atomic E-state index is 13.1. The van der Waals surface area contributed by atoms with Gasteiger partial charge in [-0.25, -0.2) is 22.3 Å². The normalized spacial score (nSPS) is 15.8. The van der Waals surface area contributed by atoms with Crippen LogP contribution < -0.4 is 10.4 Å². The minimum absolute atomic E-state index is 0.0680. The van der Waals surface area contributed by atoms with Gasteiger partial charge in [0.05, 0.1) is 13.7 Å². The topological polar surface area (TPSA) is 85.9 Å². The predicted molar refractivity (Wildman–Crippen MR) is 104 cm³/mol. The fourth-order valence-corrected chi connectivity index (χ4v) is 5.14. The zero-order valence-corrected chi connectivity index (χ0v) is 16.4. The molecule has 0 bridgehead atoms. The number of methoxy groups -OCH3 is 1. The van der Waals surface area contributed by atoms with Crippen molar-refractivity contribution in [1.29, 1.82) is 0 Å². The van der Waals surface area contributed by atoms with Gasteiger partial charge >= 0.3 is 5.69 Å². The Labute approximate surface area is 163 Å². The van der Waals surface area contributed by atoms with Crippen molar-refractivity contribution < 1.29 is 13.2 Å². The van der Waals surface area contributed by atoms with Crippen LogP contribution in [0.15, 0.2) is 52.3 Å². The van der Waals surface area contributed by atoms with Crippen LogP contribution in [-0.2, 0) is 16.6 Å². The number of sulfonamides is 1. The Bertz CT molecular complexity index is 1160. The SMILES string of the molecule is COc1cccc(Cn2nc3c(S(=O)(=O)N4CCCCC4)cccn3c2=O)c1. The van der Waals surface area contributed by atoms with Gasteiger partial charge in [0.15, 0.2) is 5.65 Å². The van der Waals surface area contributed by atoms with Gasteiger partial charge in [0.25, 0.3) is 0 Å². The van der Waals surface area contributed by atoms with Gasteiger partial charge in [-0.1, -0.05) is 18.6 Å². The molecule has 3 heterocycles. The maximum atomic E-state index is 13.1. The highest BCUT2D eigenvalue weighted by molar-refractivity contribution is 7.89. The summed E-state index contributed by atoms with van der Waals surface area (Å²) in [5, 5.41) is 4.34. The molecule has 148 valence electrons. The third-order valence-electron chi connectivity index (χ3n) is 4.97. The quantitative estimate of drug-likeness (QED) is 0.649. The second kappa shape index (κ2) is 7.40. The van der Waals surface area contributed by atoms with E-state index in [0.29, 0.717) is 18.8 Å². The number of fused-ring (bicyclic) bond motifs is 1. The fraction of sp³-hybridized carbons (Fsp3) is 0.368. The summed E-state index contributed by atoms with van der Waals surface area (Å²) < 4.78 is 35.5. The largest absolute Gasteiger partial charge is 0.497 e. The maximum Gasteiger partial charge on any atom is 0.350 e. The number of ether oxygens (including phenoxy) is 1. The molecule has 1 saturated heterocycles. The third kappa shape index (κ3) is 3.31. The van der Waals surface area contributed by atoms with Crippen LogP contribution in [0.4, 0.5) is 0 Å². The van der Waals surface area contributed by atoms with E-state index in [9.17, 15) is 13.2 Å². The molecule has 28 heavy (non-hydrogen) atoms. The van der Waals surface area contributed by atoms with Gasteiger partial charge in [0.2, 0.25) is 10.0 Å². The van der Waals surface area contributed by atoms with Crippen molar-refractivity contribution in [3.63, 3.8) is 0 Å². The van der Waals surface area contributed by atoms with Crippen molar-refractivity contribution >= 4 is 15.7 Å². The standard InChI is InChI=1S/C19H22N4O4S/c1-27-16-8-5-7-15(13-16)14-23-19(24)22-12-6-9-17(18(22)20-23)28(25,26)21-10-3-2-4-11-21/h5-9,12-13H,2-4,10-11,14H2,1H3. The summed E-state index contributed by atoms with van der Waals surface area (Å²) in [7, 11) is -2.12. The molecule has 0 spiro atoms. The van der Waals surface area contributed by atoms with Gasteiger partial charge in [-0.05, 0) is 42.7 Å². The van der Waals surface area contributed by atoms with Crippen LogP contribution >= 0.6 is 0 Å². The Balaban J connectivity index is 1.76. The second-order valence-electron chi connectivity index (χ2n) is 6.82. The minimum Gasteiger partial charge on any atom is -0.497 e. The summed E-state index contributed by atoms with van der Waals surface area (Å²) >= 11 is 0. The van der Waals surface area contributed by atoms with Crippen LogP contribution in [0.1, 0.15) is 24.8 Å². The molecule has 1 fully saturated rings. The molecule has 0 saturated carbocycles. The van der Waals surface area contributed by atoms with Crippen LogP contribution in [0.5, 0.6) is 5.75 Å². The number of rotatable bonds is 5. The van der Waals surface area contributed by atoms with Gasteiger partial charge in [-0.3, -0.25) is 0 Å². The zero-order valence-electron chi connectivity index (χ0n) is 15.6. The summed E-state index contributed by atoms with van der Waals surface area (Å²) in [6, 6.07) is 10.4. The monoisotopic (exact) mass is 402 g/mol. The van der Waals surface area contributed by atoms with Gasteiger partial charge in [0.1, 0.15) is 10.6 Å².